The quantitative estimate of drug-likeness (QED) is 0.299. The first kappa shape index (κ1) is 23.1. The SMILES string of the molecule is O=C(Nc1nn(Cc2c(F)cccc2Cl)cc1Cl)c1ccc(COc2ccc(Cl)cc2)cc1. The Morgan fingerprint density at radius 2 is 1.70 bits per heavy atom. The highest BCUT2D eigenvalue weighted by Crippen LogP contribution is 2.24. The molecule has 0 saturated heterocycles. The number of nitrogens with one attached hydrogen (secondary N) is 1. The molecule has 0 aliphatic carbocycles. The summed E-state index contributed by atoms with van der Waals surface area (Å²) in [5.74, 6) is 0.0449. The van der Waals surface area contributed by atoms with Crippen molar-refractivity contribution in [2.75, 3.05) is 5.32 Å². The van der Waals surface area contributed by atoms with Crippen LogP contribution in [0.3, 0.4) is 0 Å². The third kappa shape index (κ3) is 5.85. The minimum atomic E-state index is -0.445. The monoisotopic (exact) mass is 503 g/mol. The van der Waals surface area contributed by atoms with E-state index in [2.05, 4.69) is 10.4 Å². The van der Waals surface area contributed by atoms with Crippen LogP contribution >= 0.6 is 34.8 Å². The van der Waals surface area contributed by atoms with Gasteiger partial charge >= 0.3 is 0 Å². The van der Waals surface area contributed by atoms with Crippen molar-refractivity contribution < 1.29 is 13.9 Å². The van der Waals surface area contributed by atoms with Crippen LogP contribution in [0.5, 0.6) is 5.75 Å². The molecule has 0 fully saturated rings. The topological polar surface area (TPSA) is 56.2 Å². The van der Waals surface area contributed by atoms with Crippen LogP contribution in [0.4, 0.5) is 10.2 Å². The van der Waals surface area contributed by atoms with E-state index in [9.17, 15) is 9.18 Å². The second-order valence-electron chi connectivity index (χ2n) is 7.12. The molecule has 0 unspecified atom stereocenters. The van der Waals surface area contributed by atoms with Crippen molar-refractivity contribution in [2.45, 2.75) is 13.2 Å². The maximum Gasteiger partial charge on any atom is 0.256 e. The van der Waals surface area contributed by atoms with Gasteiger partial charge in [0.15, 0.2) is 5.82 Å². The average molecular weight is 505 g/mol. The third-order valence-electron chi connectivity index (χ3n) is 4.77. The average Bonchev–Trinajstić information content (AvgIpc) is 3.15. The van der Waals surface area contributed by atoms with Crippen molar-refractivity contribution in [3.8, 4) is 5.75 Å². The highest BCUT2D eigenvalue weighted by Gasteiger charge is 2.15. The lowest BCUT2D eigenvalue weighted by Crippen LogP contribution is -2.13. The fourth-order valence-corrected chi connectivity index (χ4v) is 3.58. The molecular weight excluding hydrogens is 488 g/mol. The van der Waals surface area contributed by atoms with Gasteiger partial charge in [-0.1, -0.05) is 53.0 Å². The molecule has 3 aromatic carbocycles. The summed E-state index contributed by atoms with van der Waals surface area (Å²) in [4.78, 5) is 12.6. The van der Waals surface area contributed by atoms with Crippen LogP contribution in [0.15, 0.2) is 72.9 Å². The van der Waals surface area contributed by atoms with Gasteiger partial charge in [-0.15, -0.1) is 0 Å². The summed E-state index contributed by atoms with van der Waals surface area (Å²) in [5.41, 5.74) is 1.60. The number of ether oxygens (including phenoxy) is 1. The first-order chi connectivity index (χ1) is 15.9. The van der Waals surface area contributed by atoms with Crippen molar-refractivity contribution in [2.24, 2.45) is 0 Å². The number of anilines is 1. The molecule has 1 aromatic heterocycles. The van der Waals surface area contributed by atoms with Gasteiger partial charge in [0.1, 0.15) is 23.2 Å². The number of carbonyl (C=O) groups is 1. The summed E-state index contributed by atoms with van der Waals surface area (Å²) in [6.07, 6.45) is 1.50. The van der Waals surface area contributed by atoms with Gasteiger partial charge in [-0.25, -0.2) is 4.39 Å². The van der Waals surface area contributed by atoms with E-state index in [4.69, 9.17) is 39.5 Å². The number of benzene rings is 3. The molecule has 33 heavy (non-hydrogen) atoms. The highest BCUT2D eigenvalue weighted by molar-refractivity contribution is 6.33. The zero-order valence-electron chi connectivity index (χ0n) is 17.1. The molecule has 1 heterocycles. The molecular formula is C24H17Cl3FN3O2. The van der Waals surface area contributed by atoms with Crippen LogP contribution in [-0.4, -0.2) is 15.7 Å². The van der Waals surface area contributed by atoms with Gasteiger partial charge in [0.2, 0.25) is 0 Å². The standard InChI is InChI=1S/C24H17Cl3FN3O2/c25-17-8-10-18(11-9-17)33-14-15-4-6-16(7-5-15)24(32)29-23-21(27)13-31(30-23)12-19-20(26)2-1-3-22(19)28/h1-11,13H,12,14H2,(H,29,30,32). The molecule has 0 aliphatic rings. The van der Waals surface area contributed by atoms with Gasteiger partial charge in [0.05, 0.1) is 6.54 Å². The lowest BCUT2D eigenvalue weighted by atomic mass is 10.1. The summed E-state index contributed by atoms with van der Waals surface area (Å²) in [6.45, 7) is 0.418. The number of nitrogens with zero attached hydrogens (tertiary/aromatic N) is 2. The fraction of sp³-hybridized carbons (Fsp3) is 0.0833. The molecule has 5 nitrogen and oxygen atoms in total. The number of halogens is 4. The Morgan fingerprint density at radius 1 is 0.970 bits per heavy atom. The lowest BCUT2D eigenvalue weighted by Gasteiger charge is -2.08. The van der Waals surface area contributed by atoms with Crippen LogP contribution in [0.1, 0.15) is 21.5 Å². The Kier molecular flexibility index (Phi) is 7.18. The molecule has 0 atom stereocenters. The van der Waals surface area contributed by atoms with E-state index in [1.165, 1.54) is 23.0 Å². The number of aromatic nitrogens is 2. The maximum atomic E-state index is 14.0. The highest BCUT2D eigenvalue weighted by atomic mass is 35.5. The van der Waals surface area contributed by atoms with Crippen molar-refractivity contribution in [3.05, 3.63) is 111 Å². The summed E-state index contributed by atoms with van der Waals surface area (Å²) in [7, 11) is 0. The zero-order chi connectivity index (χ0) is 23.4. The van der Waals surface area contributed by atoms with Crippen LogP contribution < -0.4 is 10.1 Å². The molecule has 4 aromatic rings. The number of hydrogen-bond donors (Lipinski definition) is 1. The van der Waals surface area contributed by atoms with Gasteiger partial charge in [-0.2, -0.15) is 5.10 Å². The zero-order valence-corrected chi connectivity index (χ0v) is 19.3. The molecule has 9 heteroatoms. The maximum absolute atomic E-state index is 14.0. The number of amides is 1. The van der Waals surface area contributed by atoms with Gasteiger partial charge in [0, 0.05) is 27.4 Å². The smallest absolute Gasteiger partial charge is 0.256 e. The molecule has 0 aliphatic heterocycles. The van der Waals surface area contributed by atoms with Crippen molar-refractivity contribution in [1.82, 2.24) is 9.78 Å². The predicted molar refractivity (Wildman–Crippen MR) is 128 cm³/mol. The molecule has 0 saturated carbocycles. The van der Waals surface area contributed by atoms with Crippen LogP contribution in [-0.2, 0) is 13.2 Å². The Balaban J connectivity index is 1.38. The van der Waals surface area contributed by atoms with Crippen molar-refractivity contribution in [3.63, 3.8) is 0 Å². The Morgan fingerprint density at radius 3 is 2.39 bits per heavy atom. The molecule has 0 bridgehead atoms. The second-order valence-corrected chi connectivity index (χ2v) is 8.37. The summed E-state index contributed by atoms with van der Waals surface area (Å²) in [5, 5.41) is 8.06. The van der Waals surface area contributed by atoms with Crippen LogP contribution in [0.2, 0.25) is 15.1 Å². The van der Waals surface area contributed by atoms with Gasteiger partial charge in [-0.05, 0) is 54.1 Å². The van der Waals surface area contributed by atoms with Gasteiger partial charge < -0.3 is 10.1 Å². The summed E-state index contributed by atoms with van der Waals surface area (Å²) >= 11 is 18.1. The first-order valence-corrected chi connectivity index (χ1v) is 11.0. The van der Waals surface area contributed by atoms with E-state index in [0.29, 0.717) is 22.9 Å². The molecule has 1 N–H and O–H groups in total. The Bertz CT molecular complexity index is 1260. The van der Waals surface area contributed by atoms with Crippen molar-refractivity contribution >= 4 is 46.5 Å². The molecule has 0 spiro atoms. The van der Waals surface area contributed by atoms with E-state index in [0.717, 1.165) is 5.56 Å². The first-order valence-electron chi connectivity index (χ1n) is 9.83. The van der Waals surface area contributed by atoms with E-state index in [1.807, 2.05) is 0 Å². The number of hydrogen-bond acceptors (Lipinski definition) is 3. The normalized spacial score (nSPS) is 10.8. The van der Waals surface area contributed by atoms with Gasteiger partial charge in [-0.3, -0.25) is 9.48 Å². The minimum absolute atomic E-state index is 0.0728. The largest absolute Gasteiger partial charge is 0.489 e. The number of rotatable bonds is 7. The second kappa shape index (κ2) is 10.3. The fourth-order valence-electron chi connectivity index (χ4n) is 3.04. The summed E-state index contributed by atoms with van der Waals surface area (Å²) in [6, 6.07) is 18.5. The molecule has 0 radical (unpaired) electrons. The van der Waals surface area contributed by atoms with Crippen LogP contribution in [0, 0.1) is 5.82 Å². The summed E-state index contributed by atoms with van der Waals surface area (Å²) < 4.78 is 21.2. The lowest BCUT2D eigenvalue weighted by molar-refractivity contribution is 0.102. The van der Waals surface area contributed by atoms with E-state index < -0.39 is 5.82 Å². The predicted octanol–water partition coefficient (Wildman–Crippen LogP) is 6.86. The van der Waals surface area contributed by atoms with Gasteiger partial charge in [0.25, 0.3) is 5.91 Å². The van der Waals surface area contributed by atoms with Crippen LogP contribution in [0.25, 0.3) is 0 Å². The Hall–Kier alpha value is -3.06. The van der Waals surface area contributed by atoms with E-state index in [1.54, 1.807) is 54.6 Å². The Labute approximate surface area is 204 Å². The molecule has 4 rings (SSSR count). The van der Waals surface area contributed by atoms with Crippen molar-refractivity contribution in [1.29, 1.82) is 0 Å². The molecule has 168 valence electrons. The number of carbonyl (C=O) groups excluding carboxylic acids is 1. The van der Waals surface area contributed by atoms with E-state index >= 15 is 0 Å². The van der Waals surface area contributed by atoms with E-state index in [-0.39, 0.29) is 33.9 Å². The third-order valence-corrected chi connectivity index (χ3v) is 5.65. The molecule has 1 amide bonds. The minimum Gasteiger partial charge on any atom is -0.489 e.